The highest BCUT2D eigenvalue weighted by atomic mass is 16.6. The van der Waals surface area contributed by atoms with Crippen LogP contribution in [0, 0.1) is 10.1 Å². The number of benzene rings is 2. The Balaban J connectivity index is 1.30. The molecule has 0 unspecified atom stereocenters. The van der Waals surface area contributed by atoms with Crippen molar-refractivity contribution in [3.63, 3.8) is 0 Å². The number of amides is 1. The Morgan fingerprint density at radius 3 is 2.45 bits per heavy atom. The number of piperazine rings is 1. The van der Waals surface area contributed by atoms with Gasteiger partial charge in [-0.25, -0.2) is 0 Å². The zero-order chi connectivity index (χ0) is 20.5. The summed E-state index contributed by atoms with van der Waals surface area (Å²) in [7, 11) is 0. The van der Waals surface area contributed by atoms with Crippen molar-refractivity contribution in [3.05, 3.63) is 64.7 Å². The Hall–Kier alpha value is -3.13. The van der Waals surface area contributed by atoms with Crippen molar-refractivity contribution in [2.24, 2.45) is 0 Å². The molecule has 0 bridgehead atoms. The zero-order valence-corrected chi connectivity index (χ0v) is 16.3. The molecule has 3 rings (SSSR count). The van der Waals surface area contributed by atoms with Crippen molar-refractivity contribution < 1.29 is 14.5 Å². The summed E-state index contributed by atoms with van der Waals surface area (Å²) < 4.78 is 5.29. The van der Waals surface area contributed by atoms with Gasteiger partial charge in [0, 0.05) is 44.5 Å². The fourth-order valence-corrected chi connectivity index (χ4v) is 3.32. The van der Waals surface area contributed by atoms with Crippen LogP contribution in [0.15, 0.2) is 54.6 Å². The van der Waals surface area contributed by atoms with Crippen LogP contribution >= 0.6 is 0 Å². The van der Waals surface area contributed by atoms with Crippen LogP contribution in [0.1, 0.15) is 6.42 Å². The van der Waals surface area contributed by atoms with E-state index < -0.39 is 4.92 Å². The number of hydrogen-bond donors (Lipinski definition) is 1. The second kappa shape index (κ2) is 10.4. The van der Waals surface area contributed by atoms with E-state index in [0.717, 1.165) is 39.1 Å². The minimum Gasteiger partial charge on any atom is -0.477 e. The topological polar surface area (TPSA) is 87.9 Å². The Morgan fingerprint density at radius 2 is 1.72 bits per heavy atom. The molecule has 1 N–H and O–H groups in total. The fourth-order valence-electron chi connectivity index (χ4n) is 3.32. The number of anilines is 1. The van der Waals surface area contributed by atoms with Crippen LogP contribution in [0.25, 0.3) is 0 Å². The summed E-state index contributed by atoms with van der Waals surface area (Å²) >= 11 is 0. The summed E-state index contributed by atoms with van der Waals surface area (Å²) in [6, 6.07) is 16.5. The van der Waals surface area contributed by atoms with Gasteiger partial charge in [-0.2, -0.15) is 0 Å². The number of rotatable bonds is 9. The van der Waals surface area contributed by atoms with E-state index in [1.54, 1.807) is 12.1 Å². The molecule has 0 radical (unpaired) electrons. The lowest BCUT2D eigenvalue weighted by Crippen LogP contribution is -2.47. The van der Waals surface area contributed by atoms with E-state index in [2.05, 4.69) is 39.4 Å². The third-order valence-electron chi connectivity index (χ3n) is 4.89. The van der Waals surface area contributed by atoms with Crippen LogP contribution in [-0.4, -0.2) is 61.6 Å². The average molecular weight is 398 g/mol. The molecule has 1 fully saturated rings. The largest absolute Gasteiger partial charge is 0.477 e. The van der Waals surface area contributed by atoms with E-state index in [-0.39, 0.29) is 24.0 Å². The molecule has 2 aromatic rings. The SMILES string of the molecule is O=C(COc1ccccc1[N+](=O)[O-])NCCCN1CCN(c2ccccc2)CC1. The molecular weight excluding hydrogens is 372 g/mol. The van der Waals surface area contributed by atoms with Crippen molar-refractivity contribution in [1.82, 2.24) is 10.2 Å². The van der Waals surface area contributed by atoms with Gasteiger partial charge in [0.15, 0.2) is 12.4 Å². The Morgan fingerprint density at radius 1 is 1.03 bits per heavy atom. The second-order valence-corrected chi connectivity index (χ2v) is 6.88. The number of carbonyl (C=O) groups excluding carboxylic acids is 1. The Kier molecular flexibility index (Phi) is 7.40. The molecular formula is C21H26N4O4. The maximum Gasteiger partial charge on any atom is 0.310 e. The first kappa shape index (κ1) is 20.6. The molecule has 29 heavy (non-hydrogen) atoms. The number of para-hydroxylation sites is 3. The first-order valence-electron chi connectivity index (χ1n) is 9.79. The highest BCUT2D eigenvalue weighted by Crippen LogP contribution is 2.25. The van der Waals surface area contributed by atoms with Crippen LogP contribution in [0.2, 0.25) is 0 Å². The van der Waals surface area contributed by atoms with E-state index in [0.29, 0.717) is 6.54 Å². The number of hydrogen-bond acceptors (Lipinski definition) is 6. The molecule has 1 aliphatic rings. The van der Waals surface area contributed by atoms with Gasteiger partial charge < -0.3 is 15.0 Å². The fraction of sp³-hybridized carbons (Fsp3) is 0.381. The van der Waals surface area contributed by atoms with Gasteiger partial charge in [-0.05, 0) is 31.2 Å². The van der Waals surface area contributed by atoms with Gasteiger partial charge in [-0.1, -0.05) is 30.3 Å². The molecule has 154 valence electrons. The van der Waals surface area contributed by atoms with Crippen molar-refractivity contribution >= 4 is 17.3 Å². The summed E-state index contributed by atoms with van der Waals surface area (Å²) in [6.07, 6.45) is 0.850. The number of nitrogens with one attached hydrogen (secondary N) is 1. The Bertz CT molecular complexity index is 807. The van der Waals surface area contributed by atoms with E-state index >= 15 is 0 Å². The van der Waals surface area contributed by atoms with Gasteiger partial charge in [0.25, 0.3) is 5.91 Å². The molecule has 8 nitrogen and oxygen atoms in total. The highest BCUT2D eigenvalue weighted by molar-refractivity contribution is 5.77. The Labute approximate surface area is 170 Å². The van der Waals surface area contributed by atoms with Gasteiger partial charge in [0.05, 0.1) is 4.92 Å². The lowest BCUT2D eigenvalue weighted by molar-refractivity contribution is -0.385. The molecule has 0 aromatic heterocycles. The van der Waals surface area contributed by atoms with Gasteiger partial charge in [0.1, 0.15) is 0 Å². The van der Waals surface area contributed by atoms with E-state index in [1.165, 1.54) is 17.8 Å². The normalized spacial score (nSPS) is 14.4. The molecule has 0 saturated carbocycles. The predicted molar refractivity (Wildman–Crippen MR) is 111 cm³/mol. The molecule has 1 aliphatic heterocycles. The molecule has 0 aliphatic carbocycles. The van der Waals surface area contributed by atoms with Crippen LogP contribution in [-0.2, 0) is 4.79 Å². The summed E-state index contributed by atoms with van der Waals surface area (Å²) in [4.78, 5) is 27.1. The lowest BCUT2D eigenvalue weighted by atomic mass is 10.2. The van der Waals surface area contributed by atoms with Gasteiger partial charge >= 0.3 is 5.69 Å². The monoisotopic (exact) mass is 398 g/mol. The summed E-state index contributed by atoms with van der Waals surface area (Å²) in [5, 5.41) is 13.8. The van der Waals surface area contributed by atoms with Crippen molar-refractivity contribution in [1.29, 1.82) is 0 Å². The van der Waals surface area contributed by atoms with E-state index in [1.807, 2.05) is 6.07 Å². The predicted octanol–water partition coefficient (Wildman–Crippen LogP) is 2.30. The molecule has 8 heteroatoms. The third-order valence-corrected chi connectivity index (χ3v) is 4.89. The maximum absolute atomic E-state index is 11.9. The van der Waals surface area contributed by atoms with Gasteiger partial charge in [-0.3, -0.25) is 19.8 Å². The minimum absolute atomic E-state index is 0.101. The molecule has 2 aromatic carbocycles. The summed E-state index contributed by atoms with van der Waals surface area (Å²) in [6.45, 7) is 5.25. The second-order valence-electron chi connectivity index (χ2n) is 6.88. The lowest BCUT2D eigenvalue weighted by Gasteiger charge is -2.36. The maximum atomic E-state index is 11.9. The molecule has 0 spiro atoms. The van der Waals surface area contributed by atoms with Crippen LogP contribution in [0.4, 0.5) is 11.4 Å². The first-order chi connectivity index (χ1) is 14.1. The number of nitro benzene ring substituents is 1. The first-order valence-corrected chi connectivity index (χ1v) is 9.79. The average Bonchev–Trinajstić information content (AvgIpc) is 2.76. The number of ether oxygens (including phenoxy) is 1. The van der Waals surface area contributed by atoms with Crippen molar-refractivity contribution in [2.75, 3.05) is 50.8 Å². The standard InChI is InChI=1S/C21H26N4O4/c26-21(17-29-20-10-5-4-9-19(20)25(27)28)22-11-6-12-23-13-15-24(16-14-23)18-7-2-1-3-8-18/h1-5,7-10H,6,11-17H2,(H,22,26). The van der Waals surface area contributed by atoms with Crippen LogP contribution in [0.5, 0.6) is 5.75 Å². The summed E-state index contributed by atoms with van der Waals surface area (Å²) in [5.74, 6) is -0.180. The number of nitro groups is 1. The minimum atomic E-state index is -0.523. The quantitative estimate of drug-likeness (QED) is 0.396. The van der Waals surface area contributed by atoms with Crippen LogP contribution < -0.4 is 15.0 Å². The highest BCUT2D eigenvalue weighted by Gasteiger charge is 2.17. The zero-order valence-electron chi connectivity index (χ0n) is 16.3. The van der Waals surface area contributed by atoms with Crippen molar-refractivity contribution in [2.45, 2.75) is 6.42 Å². The van der Waals surface area contributed by atoms with E-state index in [9.17, 15) is 14.9 Å². The van der Waals surface area contributed by atoms with E-state index in [4.69, 9.17) is 4.74 Å². The number of carbonyl (C=O) groups is 1. The van der Waals surface area contributed by atoms with Crippen LogP contribution in [0.3, 0.4) is 0 Å². The molecule has 0 atom stereocenters. The smallest absolute Gasteiger partial charge is 0.310 e. The number of nitrogens with zero attached hydrogens (tertiary/aromatic N) is 3. The van der Waals surface area contributed by atoms with Gasteiger partial charge in [-0.15, -0.1) is 0 Å². The molecule has 1 amide bonds. The summed E-state index contributed by atoms with van der Waals surface area (Å²) in [5.41, 5.74) is 1.12. The molecule has 1 saturated heterocycles. The third kappa shape index (κ3) is 6.18. The van der Waals surface area contributed by atoms with Gasteiger partial charge in [0.2, 0.25) is 0 Å². The van der Waals surface area contributed by atoms with Crippen molar-refractivity contribution in [3.8, 4) is 5.75 Å². The molecule has 1 heterocycles.